The van der Waals surface area contributed by atoms with Gasteiger partial charge in [0.25, 0.3) is 0 Å². The number of carboxylic acid groups (broad SMARTS) is 2. The van der Waals surface area contributed by atoms with Crippen LogP contribution in [0.3, 0.4) is 0 Å². The third kappa shape index (κ3) is 14.1. The molecule has 2 aliphatic heterocycles. The molecule has 2 saturated heterocycles. The van der Waals surface area contributed by atoms with E-state index >= 15 is 0 Å². The Labute approximate surface area is 298 Å². The van der Waals surface area contributed by atoms with E-state index in [-0.39, 0.29) is 30.8 Å². The molecule has 18 heteroatoms. The van der Waals surface area contributed by atoms with Gasteiger partial charge in [-0.1, -0.05) is 27.7 Å². The van der Waals surface area contributed by atoms with Crippen LogP contribution in [-0.4, -0.2) is 125 Å². The lowest BCUT2D eigenvalue weighted by Gasteiger charge is -2.30. The van der Waals surface area contributed by atoms with E-state index < -0.39 is 90.6 Å². The molecular weight excluding hydrogens is 668 g/mol. The Morgan fingerprint density at radius 1 is 0.824 bits per heavy atom. The van der Waals surface area contributed by atoms with Crippen LogP contribution in [0.1, 0.15) is 85.5 Å². The molecule has 18 nitrogen and oxygen atoms in total. The zero-order valence-corrected chi connectivity index (χ0v) is 30.0. The molecule has 0 radical (unpaired) electrons. The second-order valence-corrected chi connectivity index (χ2v) is 13.9. The summed E-state index contributed by atoms with van der Waals surface area (Å²) in [6, 6.07) is -6.12. The van der Waals surface area contributed by atoms with Gasteiger partial charge in [0, 0.05) is 6.54 Å². The predicted octanol–water partition coefficient (Wildman–Crippen LogP) is -1.82. The monoisotopic (exact) mass is 724 g/mol. The number of carboxylic acids is 2. The fourth-order valence-electron chi connectivity index (χ4n) is 6.09. The largest absolute Gasteiger partial charge is 0.481 e. The Kier molecular flexibility index (Phi) is 17.8. The first-order valence-electron chi connectivity index (χ1n) is 17.7. The van der Waals surface area contributed by atoms with E-state index in [2.05, 4.69) is 31.9 Å². The van der Waals surface area contributed by atoms with Crippen LogP contribution in [-0.2, 0) is 38.4 Å². The van der Waals surface area contributed by atoms with Crippen LogP contribution < -0.4 is 37.6 Å². The van der Waals surface area contributed by atoms with Crippen molar-refractivity contribution in [2.45, 2.75) is 122 Å². The number of unbranched alkanes of at least 4 members (excludes halogenated alkanes) is 1. The van der Waals surface area contributed by atoms with Crippen LogP contribution in [0.15, 0.2) is 0 Å². The first kappa shape index (κ1) is 42.8. The molecule has 0 aromatic carbocycles. The van der Waals surface area contributed by atoms with Gasteiger partial charge in [-0.2, -0.15) is 0 Å². The molecule has 0 bridgehead atoms. The van der Waals surface area contributed by atoms with Crippen LogP contribution in [0, 0.1) is 11.8 Å². The molecule has 2 rings (SSSR count). The molecule has 51 heavy (non-hydrogen) atoms. The molecule has 0 unspecified atom stereocenters. The summed E-state index contributed by atoms with van der Waals surface area (Å²) in [5.74, 6) is -6.98. The van der Waals surface area contributed by atoms with Crippen LogP contribution in [0.4, 0.5) is 0 Å². The molecule has 2 fully saturated rings. The van der Waals surface area contributed by atoms with Gasteiger partial charge in [-0.3, -0.25) is 33.6 Å². The Morgan fingerprint density at radius 3 is 2.08 bits per heavy atom. The van der Waals surface area contributed by atoms with Gasteiger partial charge in [0.05, 0.1) is 19.0 Å². The van der Waals surface area contributed by atoms with Crippen LogP contribution in [0.5, 0.6) is 0 Å². The van der Waals surface area contributed by atoms with Crippen molar-refractivity contribution in [1.29, 1.82) is 0 Å². The number of carbonyl (C=O) groups excluding carboxylic acids is 6. The highest BCUT2D eigenvalue weighted by atomic mass is 16.4. The van der Waals surface area contributed by atoms with Gasteiger partial charge in [-0.05, 0) is 76.3 Å². The summed E-state index contributed by atoms with van der Waals surface area (Å²) in [6.45, 7) is 7.80. The number of likely N-dealkylation sites (tertiary alicyclic amines) is 1. The summed E-state index contributed by atoms with van der Waals surface area (Å²) in [6.07, 6.45) is 3.20. The number of rotatable bonds is 21. The number of hydrogen-bond donors (Lipinski definition) is 9. The molecule has 0 spiro atoms. The summed E-state index contributed by atoms with van der Waals surface area (Å²) in [5.41, 5.74) is 5.68. The normalized spacial score (nSPS) is 19.5. The quantitative estimate of drug-likeness (QED) is 0.0592. The second kappa shape index (κ2) is 21.1. The van der Waals surface area contributed by atoms with Crippen molar-refractivity contribution in [3.8, 4) is 0 Å². The van der Waals surface area contributed by atoms with Gasteiger partial charge in [0.15, 0.2) is 0 Å². The molecule has 6 amide bonds. The van der Waals surface area contributed by atoms with Gasteiger partial charge >= 0.3 is 11.9 Å². The van der Waals surface area contributed by atoms with Crippen molar-refractivity contribution in [2.75, 3.05) is 26.2 Å². The van der Waals surface area contributed by atoms with E-state index in [9.17, 15) is 43.5 Å². The summed E-state index contributed by atoms with van der Waals surface area (Å²) >= 11 is 0. The van der Waals surface area contributed by atoms with Crippen LogP contribution >= 0.6 is 0 Å². The molecule has 0 aromatic heterocycles. The van der Waals surface area contributed by atoms with Crippen LogP contribution in [0.2, 0.25) is 0 Å². The fourth-order valence-corrected chi connectivity index (χ4v) is 6.09. The maximum atomic E-state index is 13.9. The number of carbonyl (C=O) groups is 8. The number of nitrogens with zero attached hydrogens (tertiary/aromatic N) is 1. The van der Waals surface area contributed by atoms with Crippen molar-refractivity contribution < 1.29 is 48.6 Å². The number of amides is 6. The topological polar surface area (TPSA) is 278 Å². The SMILES string of the molecule is CC(C)C[C@H](NC(=O)[C@@H]1CCCN1)C(=O)N[C@@H](CCCCN)C(=O)N1CCC[C@H]1C(=O)NCC(=O)N[C@H](C(=O)N[C@@H](CC(=O)O)C(=O)O)C(C)C. The zero-order chi connectivity index (χ0) is 38.2. The molecule has 2 aliphatic rings. The number of hydrogen-bond acceptors (Lipinski definition) is 10. The third-order valence-electron chi connectivity index (χ3n) is 8.80. The fraction of sp³-hybridized carbons (Fsp3) is 0.758. The van der Waals surface area contributed by atoms with Crippen molar-refractivity contribution in [1.82, 2.24) is 36.8 Å². The molecule has 10 N–H and O–H groups in total. The third-order valence-corrected chi connectivity index (χ3v) is 8.80. The van der Waals surface area contributed by atoms with Crippen molar-refractivity contribution in [2.24, 2.45) is 17.6 Å². The first-order chi connectivity index (χ1) is 24.0. The molecule has 288 valence electrons. The molecule has 0 aliphatic carbocycles. The number of aliphatic carboxylic acids is 2. The zero-order valence-electron chi connectivity index (χ0n) is 30.0. The van der Waals surface area contributed by atoms with E-state index in [0.29, 0.717) is 51.6 Å². The van der Waals surface area contributed by atoms with Crippen molar-refractivity contribution >= 4 is 47.4 Å². The van der Waals surface area contributed by atoms with Crippen molar-refractivity contribution in [3.05, 3.63) is 0 Å². The Bertz CT molecular complexity index is 1260. The Balaban J connectivity index is 2.09. The van der Waals surface area contributed by atoms with Crippen molar-refractivity contribution in [3.63, 3.8) is 0 Å². The first-order valence-corrected chi connectivity index (χ1v) is 17.7. The molecule has 0 saturated carbocycles. The van der Waals surface area contributed by atoms with E-state index in [4.69, 9.17) is 10.8 Å². The highest BCUT2D eigenvalue weighted by Gasteiger charge is 2.39. The molecule has 2 heterocycles. The summed E-state index contributed by atoms with van der Waals surface area (Å²) in [4.78, 5) is 103. The predicted molar refractivity (Wildman–Crippen MR) is 184 cm³/mol. The summed E-state index contributed by atoms with van der Waals surface area (Å²) < 4.78 is 0. The average molecular weight is 725 g/mol. The number of nitrogens with two attached hydrogens (primary N) is 1. The smallest absolute Gasteiger partial charge is 0.326 e. The lowest BCUT2D eigenvalue weighted by Crippen LogP contribution is -2.58. The van der Waals surface area contributed by atoms with E-state index in [1.165, 1.54) is 4.90 Å². The van der Waals surface area contributed by atoms with Gasteiger partial charge in [-0.15, -0.1) is 0 Å². The van der Waals surface area contributed by atoms with Gasteiger partial charge in [0.1, 0.15) is 30.2 Å². The molecule has 6 atom stereocenters. The lowest BCUT2D eigenvalue weighted by molar-refractivity contribution is -0.147. The number of nitrogens with one attached hydrogen (secondary N) is 6. The second-order valence-electron chi connectivity index (χ2n) is 13.9. The van der Waals surface area contributed by atoms with Gasteiger partial charge < -0.3 is 52.7 Å². The standard InChI is InChI=1S/C33H56N8O10/c1-18(2)15-22(38-28(45)20-10-7-13-35-20)29(46)37-21(9-5-6-12-34)32(49)41-14-8-11-24(41)30(47)36-17-25(42)40-27(19(3)4)31(48)39-23(33(50)51)16-26(43)44/h18-24,27,35H,5-17,34H2,1-4H3,(H,36,47)(H,37,46)(H,38,45)(H,39,48)(H,40,42)(H,43,44)(H,50,51)/t20-,21-,22-,23-,24-,27-/m0/s1. The minimum Gasteiger partial charge on any atom is -0.481 e. The highest BCUT2D eigenvalue weighted by Crippen LogP contribution is 2.20. The lowest BCUT2D eigenvalue weighted by atomic mass is 10.0. The Hall–Kier alpha value is -4.32. The molecular formula is C33H56N8O10. The van der Waals surface area contributed by atoms with E-state index in [1.54, 1.807) is 13.8 Å². The highest BCUT2D eigenvalue weighted by molar-refractivity contribution is 5.96. The Morgan fingerprint density at radius 2 is 1.51 bits per heavy atom. The summed E-state index contributed by atoms with van der Waals surface area (Å²) in [5, 5.41) is 34.0. The van der Waals surface area contributed by atoms with Gasteiger partial charge in [-0.25, -0.2) is 4.79 Å². The van der Waals surface area contributed by atoms with E-state index in [1.807, 2.05) is 13.8 Å². The van der Waals surface area contributed by atoms with Crippen LogP contribution in [0.25, 0.3) is 0 Å². The maximum Gasteiger partial charge on any atom is 0.326 e. The molecule has 0 aromatic rings. The minimum absolute atomic E-state index is 0.0663. The maximum absolute atomic E-state index is 13.9. The van der Waals surface area contributed by atoms with Gasteiger partial charge in [0.2, 0.25) is 35.4 Å². The summed E-state index contributed by atoms with van der Waals surface area (Å²) in [7, 11) is 0. The average Bonchev–Trinajstić information content (AvgIpc) is 3.77. The van der Waals surface area contributed by atoms with E-state index in [0.717, 1.165) is 6.42 Å². The minimum atomic E-state index is -1.71.